The van der Waals surface area contributed by atoms with Crippen molar-refractivity contribution in [2.75, 3.05) is 25.0 Å². The van der Waals surface area contributed by atoms with Crippen molar-refractivity contribution in [3.63, 3.8) is 0 Å². The molecular weight excluding hydrogens is 314 g/mol. The Balaban J connectivity index is 1.52. The van der Waals surface area contributed by atoms with E-state index in [1.165, 1.54) is 11.1 Å². The molecule has 0 saturated carbocycles. The third-order valence-electron chi connectivity index (χ3n) is 4.26. The maximum Gasteiger partial charge on any atom is 0.248 e. The van der Waals surface area contributed by atoms with Gasteiger partial charge in [-0.1, -0.05) is 36.4 Å². The van der Waals surface area contributed by atoms with Crippen LogP contribution in [-0.2, 0) is 4.79 Å². The van der Waals surface area contributed by atoms with Crippen molar-refractivity contribution in [3.8, 4) is 0 Å². The van der Waals surface area contributed by atoms with Gasteiger partial charge in [0.15, 0.2) is 0 Å². The molecular formula is C20H21N3O2. The number of rotatable bonds is 5. The SMILES string of the molecule is NC(=O)c1ccc(NC(=O)CN2CC=C(c3ccccc3)CC2)cc1. The van der Waals surface area contributed by atoms with Crippen LogP contribution >= 0.6 is 0 Å². The molecule has 1 aliphatic rings. The first kappa shape index (κ1) is 16.9. The van der Waals surface area contributed by atoms with Gasteiger partial charge in [-0.25, -0.2) is 0 Å². The van der Waals surface area contributed by atoms with Crippen LogP contribution in [0.1, 0.15) is 22.3 Å². The average molecular weight is 335 g/mol. The number of benzene rings is 2. The lowest BCUT2D eigenvalue weighted by Gasteiger charge is -2.25. The van der Waals surface area contributed by atoms with Crippen molar-refractivity contribution in [2.45, 2.75) is 6.42 Å². The summed E-state index contributed by atoms with van der Waals surface area (Å²) in [7, 11) is 0. The molecule has 0 aliphatic carbocycles. The molecule has 0 fully saturated rings. The van der Waals surface area contributed by atoms with Crippen LogP contribution in [0.3, 0.4) is 0 Å². The molecule has 2 aromatic rings. The smallest absolute Gasteiger partial charge is 0.248 e. The number of carbonyl (C=O) groups is 2. The van der Waals surface area contributed by atoms with Crippen LogP contribution in [-0.4, -0.2) is 36.3 Å². The maximum atomic E-state index is 12.2. The predicted octanol–water partition coefficient (Wildman–Crippen LogP) is 2.51. The number of primary amides is 1. The Morgan fingerprint density at radius 2 is 1.76 bits per heavy atom. The lowest BCUT2D eigenvalue weighted by Crippen LogP contribution is -2.36. The Labute approximate surface area is 147 Å². The van der Waals surface area contributed by atoms with E-state index >= 15 is 0 Å². The number of anilines is 1. The van der Waals surface area contributed by atoms with E-state index in [2.05, 4.69) is 28.4 Å². The normalized spacial score (nSPS) is 14.6. The molecule has 2 aromatic carbocycles. The monoisotopic (exact) mass is 335 g/mol. The van der Waals surface area contributed by atoms with Crippen molar-refractivity contribution < 1.29 is 9.59 Å². The van der Waals surface area contributed by atoms with Gasteiger partial charge in [0.1, 0.15) is 0 Å². The van der Waals surface area contributed by atoms with E-state index in [0.29, 0.717) is 17.8 Å². The lowest BCUT2D eigenvalue weighted by molar-refractivity contribution is -0.117. The van der Waals surface area contributed by atoms with Crippen molar-refractivity contribution in [3.05, 3.63) is 71.8 Å². The first-order chi connectivity index (χ1) is 12.1. The Kier molecular flexibility index (Phi) is 5.26. The van der Waals surface area contributed by atoms with Crippen LogP contribution in [0, 0.1) is 0 Å². The van der Waals surface area contributed by atoms with Gasteiger partial charge in [-0.3, -0.25) is 14.5 Å². The zero-order chi connectivity index (χ0) is 17.6. The minimum atomic E-state index is -0.479. The number of nitrogens with one attached hydrogen (secondary N) is 1. The van der Waals surface area contributed by atoms with Gasteiger partial charge in [0, 0.05) is 24.3 Å². The second-order valence-electron chi connectivity index (χ2n) is 6.07. The predicted molar refractivity (Wildman–Crippen MR) is 99.1 cm³/mol. The standard InChI is InChI=1S/C20H21N3O2/c21-20(25)17-6-8-18(9-7-17)22-19(24)14-23-12-10-16(11-13-23)15-4-2-1-3-5-15/h1-10H,11-14H2,(H2,21,25)(H,22,24). The van der Waals surface area contributed by atoms with Crippen LogP contribution in [0.4, 0.5) is 5.69 Å². The van der Waals surface area contributed by atoms with Crippen molar-refractivity contribution in [1.29, 1.82) is 0 Å². The highest BCUT2D eigenvalue weighted by Crippen LogP contribution is 2.21. The van der Waals surface area contributed by atoms with Gasteiger partial charge in [0.05, 0.1) is 6.54 Å². The van der Waals surface area contributed by atoms with E-state index < -0.39 is 5.91 Å². The number of hydrogen-bond acceptors (Lipinski definition) is 3. The third-order valence-corrected chi connectivity index (χ3v) is 4.26. The molecule has 25 heavy (non-hydrogen) atoms. The highest BCUT2D eigenvalue weighted by molar-refractivity contribution is 5.95. The molecule has 0 aromatic heterocycles. The van der Waals surface area contributed by atoms with Crippen LogP contribution in [0.2, 0.25) is 0 Å². The van der Waals surface area contributed by atoms with Gasteiger partial charge >= 0.3 is 0 Å². The van der Waals surface area contributed by atoms with E-state index in [0.717, 1.165) is 19.5 Å². The quantitative estimate of drug-likeness (QED) is 0.881. The summed E-state index contributed by atoms with van der Waals surface area (Å²) in [6.07, 6.45) is 3.12. The molecule has 0 unspecified atom stereocenters. The van der Waals surface area contributed by atoms with E-state index in [9.17, 15) is 9.59 Å². The van der Waals surface area contributed by atoms with E-state index in [1.54, 1.807) is 24.3 Å². The van der Waals surface area contributed by atoms with Crippen molar-refractivity contribution in [2.24, 2.45) is 5.73 Å². The molecule has 3 rings (SSSR count). The van der Waals surface area contributed by atoms with Gasteiger partial charge in [0.2, 0.25) is 11.8 Å². The first-order valence-electron chi connectivity index (χ1n) is 8.28. The van der Waals surface area contributed by atoms with Crippen LogP contribution in [0.25, 0.3) is 5.57 Å². The van der Waals surface area contributed by atoms with E-state index in [-0.39, 0.29) is 5.91 Å². The summed E-state index contributed by atoms with van der Waals surface area (Å²) < 4.78 is 0. The summed E-state index contributed by atoms with van der Waals surface area (Å²) in [5, 5.41) is 2.84. The number of hydrogen-bond donors (Lipinski definition) is 2. The molecule has 0 radical (unpaired) electrons. The molecule has 0 saturated heterocycles. The fourth-order valence-corrected chi connectivity index (χ4v) is 2.89. The zero-order valence-corrected chi connectivity index (χ0v) is 13.9. The molecule has 3 N–H and O–H groups in total. The summed E-state index contributed by atoms with van der Waals surface area (Å²) in [5.74, 6) is -0.546. The Bertz CT molecular complexity index is 782. The van der Waals surface area contributed by atoms with Gasteiger partial charge in [-0.05, 0) is 41.8 Å². The fraction of sp³-hybridized carbons (Fsp3) is 0.200. The molecule has 5 nitrogen and oxygen atoms in total. The van der Waals surface area contributed by atoms with E-state index in [1.807, 2.05) is 18.2 Å². The molecule has 128 valence electrons. The van der Waals surface area contributed by atoms with E-state index in [4.69, 9.17) is 5.73 Å². The second-order valence-corrected chi connectivity index (χ2v) is 6.07. The average Bonchev–Trinajstić information content (AvgIpc) is 2.63. The highest BCUT2D eigenvalue weighted by atomic mass is 16.2. The summed E-state index contributed by atoms with van der Waals surface area (Å²) in [5.41, 5.74) is 8.87. The van der Waals surface area contributed by atoms with Crippen LogP contribution < -0.4 is 11.1 Å². The van der Waals surface area contributed by atoms with Crippen LogP contribution in [0.5, 0.6) is 0 Å². The first-order valence-corrected chi connectivity index (χ1v) is 8.28. The second kappa shape index (κ2) is 7.77. The molecule has 1 heterocycles. The van der Waals surface area contributed by atoms with Crippen molar-refractivity contribution in [1.82, 2.24) is 4.90 Å². The molecule has 0 bridgehead atoms. The van der Waals surface area contributed by atoms with Gasteiger partial charge in [-0.2, -0.15) is 0 Å². The maximum absolute atomic E-state index is 12.2. The minimum absolute atomic E-state index is 0.0663. The number of nitrogens with zero attached hydrogens (tertiary/aromatic N) is 1. The van der Waals surface area contributed by atoms with Gasteiger partial charge in [-0.15, -0.1) is 0 Å². The lowest BCUT2D eigenvalue weighted by atomic mass is 10.00. The topological polar surface area (TPSA) is 75.4 Å². The molecule has 0 spiro atoms. The van der Waals surface area contributed by atoms with Crippen molar-refractivity contribution >= 4 is 23.1 Å². The Morgan fingerprint density at radius 3 is 2.36 bits per heavy atom. The Hall–Kier alpha value is -2.92. The molecule has 1 aliphatic heterocycles. The third kappa shape index (κ3) is 4.55. The highest BCUT2D eigenvalue weighted by Gasteiger charge is 2.15. The summed E-state index contributed by atoms with van der Waals surface area (Å²) in [6, 6.07) is 16.9. The molecule has 0 atom stereocenters. The van der Waals surface area contributed by atoms with Gasteiger partial charge < -0.3 is 11.1 Å². The zero-order valence-electron chi connectivity index (χ0n) is 13.9. The largest absolute Gasteiger partial charge is 0.366 e. The number of amides is 2. The number of nitrogens with two attached hydrogens (primary N) is 1. The summed E-state index contributed by atoms with van der Waals surface area (Å²) >= 11 is 0. The number of carbonyl (C=O) groups excluding carboxylic acids is 2. The minimum Gasteiger partial charge on any atom is -0.366 e. The Morgan fingerprint density at radius 1 is 1.04 bits per heavy atom. The van der Waals surface area contributed by atoms with Crippen LogP contribution in [0.15, 0.2) is 60.7 Å². The molecule has 2 amide bonds. The van der Waals surface area contributed by atoms with Gasteiger partial charge in [0.25, 0.3) is 0 Å². The summed E-state index contributed by atoms with van der Waals surface area (Å²) in [4.78, 5) is 25.3. The molecule has 5 heteroatoms. The summed E-state index contributed by atoms with van der Waals surface area (Å²) in [6.45, 7) is 1.96. The fourth-order valence-electron chi connectivity index (χ4n) is 2.89.